The van der Waals surface area contributed by atoms with Gasteiger partial charge < -0.3 is 10.2 Å². The molecule has 0 radical (unpaired) electrons. The van der Waals surface area contributed by atoms with Gasteiger partial charge in [-0.15, -0.1) is 0 Å². The molecule has 3 aliphatic rings. The minimum Gasteiger partial charge on any atom is -0.478 e. The van der Waals surface area contributed by atoms with Crippen molar-refractivity contribution in [2.24, 2.45) is 17.8 Å². The number of rotatable bonds is 4. The monoisotopic (exact) mass is 426 g/mol. The molecule has 0 aliphatic heterocycles. The van der Waals surface area contributed by atoms with E-state index in [0.29, 0.717) is 5.56 Å². The number of hydrogen-bond donors (Lipinski definition) is 2. The fourth-order valence-electron chi connectivity index (χ4n) is 7.43. The maximum Gasteiger partial charge on any atom is 0.335 e. The molecule has 3 aromatic carbocycles. The van der Waals surface area contributed by atoms with Gasteiger partial charge in [0.2, 0.25) is 0 Å². The van der Waals surface area contributed by atoms with Crippen LogP contribution in [0.5, 0.6) is 0 Å². The average Bonchev–Trinajstić information content (AvgIpc) is 2.98. The Morgan fingerprint density at radius 2 is 1.62 bits per heavy atom. The Morgan fingerprint density at radius 3 is 2.47 bits per heavy atom. The third-order valence-electron chi connectivity index (χ3n) is 8.75. The molecule has 3 aromatic rings. The highest BCUT2D eigenvalue weighted by molar-refractivity contribution is 5.95. The number of fused-ring (bicyclic) bond motifs is 3. The minimum absolute atomic E-state index is 0.104. The lowest BCUT2D eigenvalue weighted by Crippen LogP contribution is -2.32. The van der Waals surface area contributed by atoms with Crippen LogP contribution in [0.25, 0.3) is 21.9 Å². The summed E-state index contributed by atoms with van der Waals surface area (Å²) in [6.07, 6.45) is 9.46. The molecule has 3 fully saturated rings. The largest absolute Gasteiger partial charge is 0.478 e. The Balaban J connectivity index is 1.42. The molecule has 4 atom stereocenters. The van der Waals surface area contributed by atoms with Gasteiger partial charge in [0.15, 0.2) is 0 Å². The fourth-order valence-corrected chi connectivity index (χ4v) is 7.43. The molecule has 0 amide bonds. The molecule has 32 heavy (non-hydrogen) atoms. The van der Waals surface area contributed by atoms with Crippen LogP contribution in [-0.2, 0) is 12.0 Å². The topological polar surface area (TPSA) is 57.5 Å². The second kappa shape index (κ2) is 7.45. The summed E-state index contributed by atoms with van der Waals surface area (Å²) < 4.78 is 0. The smallest absolute Gasteiger partial charge is 0.335 e. The predicted octanol–water partition coefficient (Wildman–Crippen LogP) is 6.56. The van der Waals surface area contributed by atoms with Crippen LogP contribution in [0, 0.1) is 17.8 Å². The van der Waals surface area contributed by atoms with Gasteiger partial charge in [0.25, 0.3) is 0 Å². The van der Waals surface area contributed by atoms with Crippen LogP contribution in [0.15, 0.2) is 54.6 Å². The Kier molecular flexibility index (Phi) is 4.65. The Labute approximate surface area is 189 Å². The molecule has 2 N–H and O–H groups in total. The van der Waals surface area contributed by atoms with Crippen molar-refractivity contribution in [3.8, 4) is 11.1 Å². The number of carbonyl (C=O) groups is 1. The molecular formula is C29H30O3. The second-order valence-corrected chi connectivity index (χ2v) is 10.6. The number of hydrogen-bond acceptors (Lipinski definition) is 2. The number of aliphatic hydroxyl groups is 1. The molecular weight excluding hydrogens is 396 g/mol. The summed E-state index contributed by atoms with van der Waals surface area (Å²) in [6, 6.07) is 18.2. The first kappa shape index (κ1) is 20.0. The van der Waals surface area contributed by atoms with Crippen LogP contribution >= 0.6 is 0 Å². The molecule has 3 aliphatic carbocycles. The van der Waals surface area contributed by atoms with E-state index in [4.69, 9.17) is 0 Å². The third kappa shape index (κ3) is 3.17. The summed E-state index contributed by atoms with van der Waals surface area (Å²) in [5.74, 6) is 1.68. The zero-order valence-electron chi connectivity index (χ0n) is 18.4. The maximum absolute atomic E-state index is 11.3. The van der Waals surface area contributed by atoms with Crippen molar-refractivity contribution < 1.29 is 15.0 Å². The van der Waals surface area contributed by atoms with Gasteiger partial charge in [-0.2, -0.15) is 0 Å². The summed E-state index contributed by atoms with van der Waals surface area (Å²) in [6.45, 7) is 0.104. The maximum atomic E-state index is 11.3. The molecule has 3 bridgehead atoms. The Hall–Kier alpha value is -2.65. The molecule has 3 heteroatoms. The number of benzene rings is 3. The highest BCUT2D eigenvalue weighted by atomic mass is 16.4. The third-order valence-corrected chi connectivity index (χ3v) is 8.75. The lowest BCUT2D eigenvalue weighted by molar-refractivity contribution is 0.0697. The summed E-state index contributed by atoms with van der Waals surface area (Å²) in [5.41, 5.74) is 5.37. The van der Waals surface area contributed by atoms with Crippen LogP contribution in [0.1, 0.15) is 66.4 Å². The standard InChI is InChI=1S/C29H30O3/c30-17-25-9-7-22(20-4-5-21-12-23(28(31)32)8-6-19(21)11-20)13-27(25)29-14-18-2-1-3-24(15-29)26(10-18)16-29/h4-9,11-13,18,24,26,30H,1-3,10,14-17H2,(H,31,32). The van der Waals surface area contributed by atoms with Crippen molar-refractivity contribution in [2.45, 2.75) is 57.0 Å². The van der Waals surface area contributed by atoms with Gasteiger partial charge in [0.05, 0.1) is 12.2 Å². The predicted molar refractivity (Wildman–Crippen MR) is 127 cm³/mol. The van der Waals surface area contributed by atoms with E-state index in [1.807, 2.05) is 12.1 Å². The molecule has 3 saturated carbocycles. The first-order valence-electron chi connectivity index (χ1n) is 12.1. The highest BCUT2D eigenvalue weighted by Crippen LogP contribution is 2.61. The van der Waals surface area contributed by atoms with E-state index in [0.717, 1.165) is 39.7 Å². The summed E-state index contributed by atoms with van der Waals surface area (Å²) in [4.78, 5) is 11.3. The zero-order valence-corrected chi connectivity index (χ0v) is 18.4. The van der Waals surface area contributed by atoms with Gasteiger partial charge in [0, 0.05) is 0 Å². The molecule has 0 spiro atoms. The van der Waals surface area contributed by atoms with Crippen LogP contribution < -0.4 is 0 Å². The minimum atomic E-state index is -0.897. The molecule has 3 nitrogen and oxygen atoms in total. The SMILES string of the molecule is O=C(O)c1ccc2cc(-c3ccc(CO)c(C45CC6CCCC(C4)C(C6)C5)c3)ccc2c1. The van der Waals surface area contributed by atoms with E-state index < -0.39 is 5.97 Å². The normalized spacial score (nSPS) is 28.7. The lowest BCUT2D eigenvalue weighted by atomic mass is 9.65. The van der Waals surface area contributed by atoms with E-state index in [1.54, 1.807) is 12.1 Å². The van der Waals surface area contributed by atoms with Gasteiger partial charge in [-0.05, 0) is 100 Å². The Morgan fingerprint density at radius 1 is 0.875 bits per heavy atom. The first-order valence-corrected chi connectivity index (χ1v) is 12.1. The van der Waals surface area contributed by atoms with Gasteiger partial charge in [-0.1, -0.05) is 55.7 Å². The quantitative estimate of drug-likeness (QED) is 0.497. The van der Waals surface area contributed by atoms with E-state index in [-0.39, 0.29) is 12.0 Å². The Bertz CT molecular complexity index is 1210. The van der Waals surface area contributed by atoms with E-state index >= 15 is 0 Å². The number of carboxylic acid groups (broad SMARTS) is 1. The van der Waals surface area contributed by atoms with Crippen molar-refractivity contribution in [3.63, 3.8) is 0 Å². The molecule has 0 heterocycles. The number of carboxylic acids is 1. The number of aliphatic hydroxyl groups excluding tert-OH is 1. The molecule has 0 saturated heterocycles. The molecule has 0 aromatic heterocycles. The van der Waals surface area contributed by atoms with Crippen molar-refractivity contribution in [3.05, 3.63) is 71.3 Å². The van der Waals surface area contributed by atoms with Gasteiger partial charge in [0.1, 0.15) is 0 Å². The molecule has 164 valence electrons. The lowest BCUT2D eigenvalue weighted by Gasteiger charge is -2.40. The van der Waals surface area contributed by atoms with Crippen LogP contribution in [0.3, 0.4) is 0 Å². The van der Waals surface area contributed by atoms with Gasteiger partial charge in [-0.3, -0.25) is 0 Å². The van der Waals surface area contributed by atoms with Crippen LogP contribution in [0.4, 0.5) is 0 Å². The fraction of sp³-hybridized carbons (Fsp3) is 0.414. The zero-order chi connectivity index (χ0) is 21.9. The van der Waals surface area contributed by atoms with Crippen molar-refractivity contribution in [2.75, 3.05) is 0 Å². The van der Waals surface area contributed by atoms with E-state index in [9.17, 15) is 15.0 Å². The summed E-state index contributed by atoms with van der Waals surface area (Å²) >= 11 is 0. The summed E-state index contributed by atoms with van der Waals surface area (Å²) in [5, 5.41) is 21.5. The molecule has 6 rings (SSSR count). The highest BCUT2D eigenvalue weighted by Gasteiger charge is 2.52. The van der Waals surface area contributed by atoms with E-state index in [1.165, 1.54) is 56.1 Å². The second-order valence-electron chi connectivity index (χ2n) is 10.6. The van der Waals surface area contributed by atoms with Crippen LogP contribution in [0.2, 0.25) is 0 Å². The first-order chi connectivity index (χ1) is 15.5. The van der Waals surface area contributed by atoms with E-state index in [2.05, 4.69) is 30.3 Å². The van der Waals surface area contributed by atoms with Crippen LogP contribution in [-0.4, -0.2) is 16.2 Å². The van der Waals surface area contributed by atoms with Crippen molar-refractivity contribution in [1.29, 1.82) is 0 Å². The average molecular weight is 427 g/mol. The van der Waals surface area contributed by atoms with Crippen molar-refractivity contribution >= 4 is 16.7 Å². The number of aromatic carboxylic acids is 1. The van der Waals surface area contributed by atoms with Crippen molar-refractivity contribution in [1.82, 2.24) is 0 Å². The summed E-state index contributed by atoms with van der Waals surface area (Å²) in [7, 11) is 0. The van der Waals surface area contributed by atoms with Gasteiger partial charge >= 0.3 is 5.97 Å². The molecule has 4 unspecified atom stereocenters. The van der Waals surface area contributed by atoms with Gasteiger partial charge in [-0.25, -0.2) is 4.79 Å².